The van der Waals surface area contributed by atoms with Gasteiger partial charge in [0.25, 0.3) is 0 Å². The van der Waals surface area contributed by atoms with Gasteiger partial charge in [-0.1, -0.05) is 44.2 Å². The highest BCUT2D eigenvalue weighted by Gasteiger charge is 2.56. The van der Waals surface area contributed by atoms with Crippen molar-refractivity contribution in [2.45, 2.75) is 45.1 Å². The lowest BCUT2D eigenvalue weighted by atomic mass is 9.68. The Hall–Kier alpha value is -0.820. The van der Waals surface area contributed by atoms with E-state index in [0.717, 1.165) is 0 Å². The number of rotatable bonds is 3. The van der Waals surface area contributed by atoms with E-state index in [1.165, 1.54) is 18.4 Å². The maximum absolute atomic E-state index is 6.16. The SMILES string of the molecule is CC(N)C1(C(C)(C)c2ccccc2)CC1. The van der Waals surface area contributed by atoms with Gasteiger partial charge in [-0.05, 0) is 36.2 Å². The quantitative estimate of drug-likeness (QED) is 0.802. The van der Waals surface area contributed by atoms with Crippen LogP contribution in [0.4, 0.5) is 0 Å². The Bertz CT molecular complexity index is 334. The Morgan fingerprint density at radius 1 is 1.20 bits per heavy atom. The molecule has 0 aliphatic heterocycles. The molecule has 0 heterocycles. The van der Waals surface area contributed by atoms with Gasteiger partial charge in [-0.3, -0.25) is 0 Å². The normalized spacial score (nSPS) is 21.1. The Kier molecular flexibility index (Phi) is 2.38. The van der Waals surface area contributed by atoms with Crippen molar-refractivity contribution in [1.82, 2.24) is 0 Å². The fourth-order valence-electron chi connectivity index (χ4n) is 2.93. The lowest BCUT2D eigenvalue weighted by Crippen LogP contribution is -2.42. The molecule has 1 saturated carbocycles. The summed E-state index contributed by atoms with van der Waals surface area (Å²) in [4.78, 5) is 0. The molecular weight excluding hydrogens is 182 g/mol. The molecular formula is C14H21N. The zero-order valence-corrected chi connectivity index (χ0v) is 9.96. The zero-order valence-electron chi connectivity index (χ0n) is 9.96. The highest BCUT2D eigenvalue weighted by molar-refractivity contribution is 5.30. The van der Waals surface area contributed by atoms with Crippen LogP contribution in [-0.2, 0) is 5.41 Å². The van der Waals surface area contributed by atoms with Crippen molar-refractivity contribution in [2.24, 2.45) is 11.1 Å². The molecule has 0 aromatic heterocycles. The predicted molar refractivity (Wildman–Crippen MR) is 64.8 cm³/mol. The number of benzene rings is 1. The minimum atomic E-state index is 0.197. The van der Waals surface area contributed by atoms with Gasteiger partial charge in [0.05, 0.1) is 0 Å². The second-order valence-electron chi connectivity index (χ2n) is 5.44. The molecule has 0 radical (unpaired) electrons. The smallest absolute Gasteiger partial charge is 0.00753 e. The number of hydrogen-bond acceptors (Lipinski definition) is 1. The Labute approximate surface area is 92.7 Å². The maximum atomic E-state index is 6.16. The van der Waals surface area contributed by atoms with Gasteiger partial charge in [-0.25, -0.2) is 0 Å². The van der Waals surface area contributed by atoms with Crippen LogP contribution in [0.2, 0.25) is 0 Å². The first kappa shape index (κ1) is 10.7. The summed E-state index contributed by atoms with van der Waals surface area (Å²) in [5.74, 6) is 0. The highest BCUT2D eigenvalue weighted by atomic mass is 14.8. The third kappa shape index (κ3) is 1.50. The summed E-state index contributed by atoms with van der Waals surface area (Å²) >= 11 is 0. The molecule has 1 heteroatoms. The van der Waals surface area contributed by atoms with E-state index in [1.54, 1.807) is 0 Å². The fourth-order valence-corrected chi connectivity index (χ4v) is 2.93. The van der Waals surface area contributed by atoms with Crippen LogP contribution in [0.1, 0.15) is 39.2 Å². The van der Waals surface area contributed by atoms with Crippen LogP contribution in [0.3, 0.4) is 0 Å². The summed E-state index contributed by atoms with van der Waals surface area (Å²) < 4.78 is 0. The largest absolute Gasteiger partial charge is 0.327 e. The molecule has 1 fully saturated rings. The van der Waals surface area contributed by atoms with Gasteiger partial charge in [-0.15, -0.1) is 0 Å². The van der Waals surface area contributed by atoms with Gasteiger partial charge in [0.1, 0.15) is 0 Å². The molecule has 1 aliphatic rings. The predicted octanol–water partition coefficient (Wildman–Crippen LogP) is 3.09. The van der Waals surface area contributed by atoms with Crippen molar-refractivity contribution in [2.75, 3.05) is 0 Å². The molecule has 0 bridgehead atoms. The van der Waals surface area contributed by atoms with Crippen molar-refractivity contribution in [1.29, 1.82) is 0 Å². The monoisotopic (exact) mass is 203 g/mol. The fraction of sp³-hybridized carbons (Fsp3) is 0.571. The van der Waals surface area contributed by atoms with Crippen LogP contribution < -0.4 is 5.73 Å². The van der Waals surface area contributed by atoms with Crippen molar-refractivity contribution in [3.63, 3.8) is 0 Å². The van der Waals surface area contributed by atoms with E-state index < -0.39 is 0 Å². The van der Waals surface area contributed by atoms with Crippen LogP contribution in [0, 0.1) is 5.41 Å². The van der Waals surface area contributed by atoms with Crippen molar-refractivity contribution in [3.8, 4) is 0 Å². The first-order valence-corrected chi connectivity index (χ1v) is 5.82. The molecule has 2 rings (SSSR count). The minimum Gasteiger partial charge on any atom is -0.327 e. The first-order chi connectivity index (χ1) is 7.01. The van der Waals surface area contributed by atoms with E-state index in [4.69, 9.17) is 5.73 Å². The van der Waals surface area contributed by atoms with Crippen LogP contribution in [0.5, 0.6) is 0 Å². The van der Waals surface area contributed by atoms with Gasteiger partial charge in [0, 0.05) is 6.04 Å². The van der Waals surface area contributed by atoms with Crippen LogP contribution >= 0.6 is 0 Å². The van der Waals surface area contributed by atoms with Gasteiger partial charge < -0.3 is 5.73 Å². The first-order valence-electron chi connectivity index (χ1n) is 5.82. The van der Waals surface area contributed by atoms with Crippen molar-refractivity contribution >= 4 is 0 Å². The standard InChI is InChI=1S/C14H21N/c1-11(15)14(9-10-14)13(2,3)12-7-5-4-6-8-12/h4-8,11H,9-10,15H2,1-3H3. The van der Waals surface area contributed by atoms with Crippen LogP contribution in [-0.4, -0.2) is 6.04 Å². The van der Waals surface area contributed by atoms with Gasteiger partial charge in [-0.2, -0.15) is 0 Å². The summed E-state index contributed by atoms with van der Waals surface area (Å²) in [7, 11) is 0. The molecule has 1 unspecified atom stereocenters. The van der Waals surface area contributed by atoms with Crippen LogP contribution in [0.25, 0.3) is 0 Å². The summed E-state index contributed by atoms with van der Waals surface area (Å²) in [5.41, 5.74) is 8.10. The third-order valence-corrected chi connectivity index (χ3v) is 4.40. The van der Waals surface area contributed by atoms with Gasteiger partial charge in [0.2, 0.25) is 0 Å². The molecule has 15 heavy (non-hydrogen) atoms. The second kappa shape index (κ2) is 3.34. The van der Waals surface area contributed by atoms with Crippen LogP contribution in [0.15, 0.2) is 30.3 Å². The van der Waals surface area contributed by atoms with Gasteiger partial charge >= 0.3 is 0 Å². The average Bonchev–Trinajstić information content (AvgIpc) is 3.00. The minimum absolute atomic E-state index is 0.197. The van der Waals surface area contributed by atoms with Crippen molar-refractivity contribution in [3.05, 3.63) is 35.9 Å². The Morgan fingerprint density at radius 2 is 1.73 bits per heavy atom. The Morgan fingerprint density at radius 3 is 2.13 bits per heavy atom. The molecule has 1 aromatic carbocycles. The average molecular weight is 203 g/mol. The second-order valence-corrected chi connectivity index (χ2v) is 5.44. The molecule has 0 spiro atoms. The molecule has 1 atom stereocenters. The molecule has 0 saturated heterocycles. The summed E-state index contributed by atoms with van der Waals surface area (Å²) in [6.45, 7) is 6.81. The lowest BCUT2D eigenvalue weighted by molar-refractivity contribution is 0.249. The van der Waals surface area contributed by atoms with E-state index in [2.05, 4.69) is 51.1 Å². The molecule has 1 nitrogen and oxygen atoms in total. The number of nitrogens with two attached hydrogens (primary N) is 1. The van der Waals surface area contributed by atoms with Gasteiger partial charge in [0.15, 0.2) is 0 Å². The molecule has 1 aliphatic carbocycles. The molecule has 0 amide bonds. The van der Waals surface area contributed by atoms with E-state index in [9.17, 15) is 0 Å². The maximum Gasteiger partial charge on any atom is 0.00753 e. The highest BCUT2D eigenvalue weighted by Crippen LogP contribution is 2.60. The van der Waals surface area contributed by atoms with E-state index in [1.807, 2.05) is 0 Å². The molecule has 2 N–H and O–H groups in total. The molecule has 82 valence electrons. The van der Waals surface area contributed by atoms with E-state index in [-0.39, 0.29) is 11.5 Å². The topological polar surface area (TPSA) is 26.0 Å². The number of hydrogen-bond donors (Lipinski definition) is 1. The van der Waals surface area contributed by atoms with E-state index >= 15 is 0 Å². The Balaban J connectivity index is 2.36. The molecule has 1 aromatic rings. The van der Waals surface area contributed by atoms with Crippen molar-refractivity contribution < 1.29 is 0 Å². The third-order valence-electron chi connectivity index (χ3n) is 4.40. The summed E-state index contributed by atoms with van der Waals surface area (Å²) in [6.07, 6.45) is 2.54. The summed E-state index contributed by atoms with van der Waals surface area (Å²) in [5, 5.41) is 0. The zero-order chi connectivity index (χ0) is 11.1. The van der Waals surface area contributed by atoms with E-state index in [0.29, 0.717) is 5.41 Å². The summed E-state index contributed by atoms with van der Waals surface area (Å²) in [6, 6.07) is 11.0. The lowest BCUT2D eigenvalue weighted by Gasteiger charge is -2.38.